The van der Waals surface area contributed by atoms with Gasteiger partial charge in [0.2, 0.25) is 0 Å². The van der Waals surface area contributed by atoms with E-state index in [9.17, 15) is 9.59 Å². The summed E-state index contributed by atoms with van der Waals surface area (Å²) in [6.07, 6.45) is 4.07. The fourth-order valence-corrected chi connectivity index (χ4v) is 6.47. The van der Waals surface area contributed by atoms with E-state index in [4.69, 9.17) is 45.8 Å². The number of carbonyl (C=O) groups excluding carboxylic acids is 2. The zero-order chi connectivity index (χ0) is 36.1. The molecule has 4 heterocycles. The van der Waals surface area contributed by atoms with Gasteiger partial charge in [-0.2, -0.15) is 0 Å². The summed E-state index contributed by atoms with van der Waals surface area (Å²) in [6.45, 7) is 12.2. The largest absolute Gasteiger partial charge is 0.444 e. The normalized spacial score (nSPS) is 18.0. The molecule has 2 fully saturated rings. The van der Waals surface area contributed by atoms with Crippen LogP contribution >= 0.6 is 0 Å². The van der Waals surface area contributed by atoms with Gasteiger partial charge in [-0.1, -0.05) is 33.7 Å². The number of aromatic amines is 2. The van der Waals surface area contributed by atoms with Crippen LogP contribution in [-0.2, 0) is 9.47 Å². The Morgan fingerprint density at radius 2 is 1.36 bits per heavy atom. The van der Waals surface area contributed by atoms with Gasteiger partial charge in [0.1, 0.15) is 54.2 Å². The average Bonchev–Trinajstić information content (AvgIpc) is 3.84. The second-order valence-electron chi connectivity index (χ2n) is 14.9. The summed E-state index contributed by atoms with van der Waals surface area (Å²) < 4.78 is 11.2. The molecule has 0 unspecified atom stereocenters. The molecule has 4 aromatic rings. The van der Waals surface area contributed by atoms with Crippen molar-refractivity contribution in [2.24, 2.45) is 0 Å². The molecule has 0 spiro atoms. The number of likely N-dealkylation sites (tertiary alicyclic amines) is 2. The number of aromatic nitrogens is 4. The quantitative estimate of drug-likeness (QED) is 0.258. The maximum absolute atomic E-state index is 12.9. The van der Waals surface area contributed by atoms with Crippen molar-refractivity contribution in [3.05, 3.63) is 47.2 Å². The second-order valence-corrected chi connectivity index (χ2v) is 14.9. The molecule has 2 N–H and O–H groups in total. The van der Waals surface area contributed by atoms with Crippen molar-refractivity contribution in [2.45, 2.75) is 90.5 Å². The van der Waals surface area contributed by atoms with E-state index in [-0.39, 0.29) is 46.1 Å². The average molecular weight is 662 g/mol. The van der Waals surface area contributed by atoms with Gasteiger partial charge < -0.3 is 19.4 Å². The molecule has 2 amide bonds. The van der Waals surface area contributed by atoms with Crippen molar-refractivity contribution in [1.82, 2.24) is 29.7 Å². The summed E-state index contributed by atoms with van der Waals surface area (Å²) >= 11 is 0. The monoisotopic (exact) mass is 662 g/mol. The molecule has 10 nitrogen and oxygen atoms in total. The van der Waals surface area contributed by atoms with Gasteiger partial charge in [0, 0.05) is 24.2 Å². The Bertz CT molecular complexity index is 2000. The third kappa shape index (κ3) is 7.19. The van der Waals surface area contributed by atoms with Gasteiger partial charge in [0.25, 0.3) is 0 Å². The van der Waals surface area contributed by atoms with Gasteiger partial charge in [-0.05, 0) is 91.0 Å². The highest BCUT2D eigenvalue weighted by molar-refractivity contribution is 6.60. The van der Waals surface area contributed by atoms with Crippen LogP contribution < -0.4 is 21.9 Å². The number of ether oxygens (including phenoxy) is 2. The van der Waals surface area contributed by atoms with Crippen molar-refractivity contribution in [1.29, 1.82) is 0 Å². The standard InChI is InChI=1S/C36H38B4N6O4/c1-35(2,3)49-33(47)45-15-7-9-24(45)31-41-18-23(44-31)26-29(39)27(37)20(28(38)30(26)40)13-11-19-12-14-21-22(17-19)43-32(42-21)25-10-8-16-46(25)34(48)50-36(4,5)6/h12,14,17-18,24-25H,7-10,15-16H2,1-6H3,(H,41,44)(H,42,43)/t24-,25-/m0/s1. The molecule has 2 atom stereocenters. The molecule has 2 aromatic carbocycles. The molecular formula is C36H38B4N6O4. The number of nitrogens with zero attached hydrogens (tertiary/aromatic N) is 4. The number of H-pyrrole nitrogens is 2. The summed E-state index contributed by atoms with van der Waals surface area (Å²) in [7, 11) is 26.1. The molecular weight excluding hydrogens is 624 g/mol. The van der Waals surface area contributed by atoms with E-state index in [0.29, 0.717) is 47.1 Å². The van der Waals surface area contributed by atoms with Crippen LogP contribution in [0, 0.1) is 11.8 Å². The van der Waals surface area contributed by atoms with Crippen molar-refractivity contribution in [3.8, 4) is 23.1 Å². The molecule has 50 heavy (non-hydrogen) atoms. The van der Waals surface area contributed by atoms with Gasteiger partial charge in [0.15, 0.2) is 0 Å². The van der Waals surface area contributed by atoms with Crippen molar-refractivity contribution >= 4 is 76.5 Å². The molecule has 2 aromatic heterocycles. The van der Waals surface area contributed by atoms with Gasteiger partial charge in [-0.15, -0.1) is 0 Å². The Hall–Kier alpha value is -4.52. The molecule has 0 aliphatic carbocycles. The molecule has 2 saturated heterocycles. The first-order valence-corrected chi connectivity index (χ1v) is 16.8. The van der Waals surface area contributed by atoms with Crippen LogP contribution in [0.2, 0.25) is 0 Å². The fourth-order valence-electron chi connectivity index (χ4n) is 6.47. The predicted molar refractivity (Wildman–Crippen MR) is 197 cm³/mol. The van der Waals surface area contributed by atoms with Crippen LogP contribution in [0.4, 0.5) is 9.59 Å². The lowest BCUT2D eigenvalue weighted by Gasteiger charge is -2.27. The van der Waals surface area contributed by atoms with E-state index in [1.54, 1.807) is 16.0 Å². The van der Waals surface area contributed by atoms with Gasteiger partial charge >= 0.3 is 12.2 Å². The van der Waals surface area contributed by atoms with E-state index in [1.807, 2.05) is 59.7 Å². The van der Waals surface area contributed by atoms with Crippen molar-refractivity contribution in [3.63, 3.8) is 0 Å². The highest BCUT2D eigenvalue weighted by Gasteiger charge is 2.36. The molecule has 8 radical (unpaired) electrons. The number of imidazole rings is 2. The topological polar surface area (TPSA) is 116 Å². The highest BCUT2D eigenvalue weighted by Crippen LogP contribution is 2.34. The zero-order valence-electron chi connectivity index (χ0n) is 29.4. The van der Waals surface area contributed by atoms with Crippen molar-refractivity contribution < 1.29 is 19.1 Å². The number of carbonyl (C=O) groups is 2. The lowest BCUT2D eigenvalue weighted by molar-refractivity contribution is 0.0208. The van der Waals surface area contributed by atoms with E-state index in [0.717, 1.165) is 36.7 Å². The molecule has 6 rings (SSSR count). The Morgan fingerprint density at radius 3 is 1.92 bits per heavy atom. The zero-order valence-corrected chi connectivity index (χ0v) is 29.4. The summed E-state index contributed by atoms with van der Waals surface area (Å²) in [6, 6.07) is 5.11. The number of hydrogen-bond donors (Lipinski definition) is 2. The van der Waals surface area contributed by atoms with Gasteiger partial charge in [-0.25, -0.2) is 19.6 Å². The van der Waals surface area contributed by atoms with Crippen LogP contribution in [0.1, 0.15) is 102 Å². The lowest BCUT2D eigenvalue weighted by Crippen LogP contribution is -2.45. The minimum Gasteiger partial charge on any atom is -0.444 e. The SMILES string of the molecule is [B]c1c([B])c(-c2cnc([C@@H]3CCCN3C(=O)OC(C)(C)C)[nH]2)c([B])c([B])c1C#Cc1ccc2nc([C@@H]3CCCN3C(=O)OC(C)(C)C)[nH]c2c1. The van der Waals surface area contributed by atoms with Gasteiger partial charge in [0.05, 0.1) is 35.0 Å². The van der Waals surface area contributed by atoms with Crippen molar-refractivity contribution in [2.75, 3.05) is 13.1 Å². The number of rotatable bonds is 3. The molecule has 248 valence electrons. The molecule has 0 saturated carbocycles. The Labute approximate surface area is 298 Å². The Morgan fingerprint density at radius 1 is 0.800 bits per heavy atom. The molecule has 14 heteroatoms. The first-order chi connectivity index (χ1) is 23.5. The number of fused-ring (bicyclic) bond motifs is 1. The third-order valence-electron chi connectivity index (χ3n) is 8.75. The van der Waals surface area contributed by atoms with Crippen LogP contribution in [0.15, 0.2) is 24.4 Å². The number of amides is 2. The maximum atomic E-state index is 12.9. The number of benzene rings is 2. The summed E-state index contributed by atoms with van der Waals surface area (Å²) in [5.74, 6) is 7.49. The minimum absolute atomic E-state index is 0.194. The fraction of sp³-hybridized carbons (Fsp3) is 0.444. The third-order valence-corrected chi connectivity index (χ3v) is 8.75. The van der Waals surface area contributed by atoms with E-state index < -0.39 is 11.2 Å². The lowest BCUT2D eigenvalue weighted by atomic mass is 9.64. The molecule has 0 bridgehead atoms. The first-order valence-electron chi connectivity index (χ1n) is 16.8. The Kier molecular flexibility index (Phi) is 9.40. The Balaban J connectivity index is 1.24. The molecule has 2 aliphatic heterocycles. The van der Waals surface area contributed by atoms with Gasteiger partial charge in [-0.3, -0.25) is 9.80 Å². The summed E-state index contributed by atoms with van der Waals surface area (Å²) in [4.78, 5) is 45.1. The van der Waals surface area contributed by atoms with E-state index in [2.05, 4.69) is 26.8 Å². The summed E-state index contributed by atoms with van der Waals surface area (Å²) in [5.41, 5.74) is 3.11. The maximum Gasteiger partial charge on any atom is 0.410 e. The van der Waals surface area contributed by atoms with E-state index in [1.165, 1.54) is 0 Å². The first kappa shape index (κ1) is 35.3. The van der Waals surface area contributed by atoms with Crippen LogP contribution in [-0.4, -0.2) is 97.6 Å². The molecule has 2 aliphatic rings. The second kappa shape index (κ2) is 13.3. The van der Waals surface area contributed by atoms with Crippen LogP contribution in [0.3, 0.4) is 0 Å². The smallest absolute Gasteiger partial charge is 0.410 e. The highest BCUT2D eigenvalue weighted by atomic mass is 16.6. The number of nitrogens with one attached hydrogen (secondary N) is 2. The van der Waals surface area contributed by atoms with Crippen LogP contribution in [0.25, 0.3) is 22.3 Å². The van der Waals surface area contributed by atoms with E-state index >= 15 is 0 Å². The predicted octanol–water partition coefficient (Wildman–Crippen LogP) is 2.67. The number of hydrogen-bond acceptors (Lipinski definition) is 6. The summed E-state index contributed by atoms with van der Waals surface area (Å²) in [5, 5.41) is 0. The minimum atomic E-state index is -0.612. The van der Waals surface area contributed by atoms with Crippen LogP contribution in [0.5, 0.6) is 0 Å².